The molecule has 0 rings (SSSR count). The average Bonchev–Trinajstić information content (AvgIpc) is 2.00. The van der Waals surface area contributed by atoms with Gasteiger partial charge in [-0.05, 0) is 20.3 Å². The fourth-order valence-electron chi connectivity index (χ4n) is 0.950. The van der Waals surface area contributed by atoms with Crippen LogP contribution in [0, 0.1) is 0 Å². The van der Waals surface area contributed by atoms with Gasteiger partial charge in [0.1, 0.15) is 0 Å². The number of nitrogens with one attached hydrogen (secondary N) is 1. The Balaban J connectivity index is 3.41. The van der Waals surface area contributed by atoms with Crippen LogP contribution in [0.3, 0.4) is 0 Å². The van der Waals surface area contributed by atoms with E-state index < -0.39 is 0 Å². The lowest BCUT2D eigenvalue weighted by atomic mass is 10.1. The molecule has 3 nitrogen and oxygen atoms in total. The summed E-state index contributed by atoms with van der Waals surface area (Å²) in [5.74, 6) is 0.118. The van der Waals surface area contributed by atoms with Gasteiger partial charge in [-0.15, -0.1) is 0 Å². The number of unbranched alkanes of at least 4 members (excludes halogenated alkanes) is 2. The zero-order chi connectivity index (χ0) is 10.3. The van der Waals surface area contributed by atoms with E-state index in [1.807, 2.05) is 13.8 Å². The molecule has 0 heterocycles. The lowest BCUT2D eigenvalue weighted by molar-refractivity contribution is -0.121. The summed E-state index contributed by atoms with van der Waals surface area (Å²) in [4.78, 5) is 11.2. The monoisotopic (exact) mass is 186 g/mol. The van der Waals surface area contributed by atoms with Crippen LogP contribution in [0.5, 0.6) is 0 Å². The molecule has 0 aromatic heterocycles. The quantitative estimate of drug-likeness (QED) is 0.616. The molecule has 0 fully saturated rings. The number of carbonyl (C=O) groups excluding carboxylic acids is 1. The van der Waals surface area contributed by atoms with Crippen molar-refractivity contribution in [2.24, 2.45) is 5.73 Å². The number of amides is 1. The first kappa shape index (κ1) is 12.4. The van der Waals surface area contributed by atoms with Crippen LogP contribution >= 0.6 is 0 Å². The Labute approximate surface area is 81.1 Å². The van der Waals surface area contributed by atoms with Crippen molar-refractivity contribution in [2.75, 3.05) is 6.54 Å². The minimum Gasteiger partial charge on any atom is -0.354 e. The van der Waals surface area contributed by atoms with Crippen LogP contribution in [0.4, 0.5) is 0 Å². The van der Waals surface area contributed by atoms with E-state index in [-0.39, 0.29) is 11.4 Å². The number of nitrogens with two attached hydrogens (primary N) is 1. The summed E-state index contributed by atoms with van der Waals surface area (Å²) in [5, 5.41) is 2.82. The third-order valence-corrected chi connectivity index (χ3v) is 1.75. The summed E-state index contributed by atoms with van der Waals surface area (Å²) < 4.78 is 0. The van der Waals surface area contributed by atoms with Crippen LogP contribution in [0.1, 0.15) is 46.5 Å². The number of hydrogen-bond donors (Lipinski definition) is 2. The second-order valence-electron chi connectivity index (χ2n) is 4.22. The normalized spacial score (nSPS) is 11.4. The van der Waals surface area contributed by atoms with Crippen molar-refractivity contribution >= 4 is 5.91 Å². The first-order chi connectivity index (χ1) is 5.95. The van der Waals surface area contributed by atoms with E-state index in [4.69, 9.17) is 5.73 Å². The molecule has 0 saturated carbocycles. The highest BCUT2D eigenvalue weighted by atomic mass is 16.1. The van der Waals surface area contributed by atoms with Gasteiger partial charge in [-0.1, -0.05) is 19.8 Å². The maximum absolute atomic E-state index is 11.2. The lowest BCUT2D eigenvalue weighted by Gasteiger charge is -2.18. The van der Waals surface area contributed by atoms with Crippen molar-refractivity contribution in [3.63, 3.8) is 0 Å². The van der Waals surface area contributed by atoms with Crippen molar-refractivity contribution in [1.29, 1.82) is 0 Å². The molecule has 0 aliphatic carbocycles. The fourth-order valence-corrected chi connectivity index (χ4v) is 0.950. The van der Waals surface area contributed by atoms with E-state index in [2.05, 4.69) is 12.2 Å². The third kappa shape index (κ3) is 9.34. The number of hydrogen-bond acceptors (Lipinski definition) is 2. The van der Waals surface area contributed by atoms with Crippen LogP contribution in [0.2, 0.25) is 0 Å². The average molecular weight is 186 g/mol. The van der Waals surface area contributed by atoms with E-state index in [1.165, 1.54) is 0 Å². The first-order valence-electron chi connectivity index (χ1n) is 5.01. The Morgan fingerprint density at radius 1 is 1.38 bits per heavy atom. The number of carbonyl (C=O) groups is 1. The second-order valence-corrected chi connectivity index (χ2v) is 4.22. The number of rotatable bonds is 6. The van der Waals surface area contributed by atoms with Crippen molar-refractivity contribution in [1.82, 2.24) is 5.32 Å². The molecule has 3 heteroatoms. The van der Waals surface area contributed by atoms with Gasteiger partial charge in [0.15, 0.2) is 0 Å². The third-order valence-electron chi connectivity index (χ3n) is 1.75. The molecule has 0 atom stereocenters. The van der Waals surface area contributed by atoms with Crippen LogP contribution in [-0.2, 0) is 4.79 Å². The van der Waals surface area contributed by atoms with Gasteiger partial charge in [-0.3, -0.25) is 4.79 Å². The highest BCUT2D eigenvalue weighted by Gasteiger charge is 2.11. The van der Waals surface area contributed by atoms with Gasteiger partial charge in [-0.25, -0.2) is 0 Å². The zero-order valence-corrected chi connectivity index (χ0v) is 9.02. The summed E-state index contributed by atoms with van der Waals surface area (Å²) in [7, 11) is 0. The zero-order valence-electron chi connectivity index (χ0n) is 9.02. The van der Waals surface area contributed by atoms with Crippen LogP contribution in [0.15, 0.2) is 0 Å². The molecule has 0 aromatic carbocycles. The van der Waals surface area contributed by atoms with E-state index >= 15 is 0 Å². The molecule has 0 spiro atoms. The van der Waals surface area contributed by atoms with Crippen LogP contribution in [-0.4, -0.2) is 18.0 Å². The van der Waals surface area contributed by atoms with Crippen molar-refractivity contribution in [3.8, 4) is 0 Å². The summed E-state index contributed by atoms with van der Waals surface area (Å²) in [5.41, 5.74) is 5.42. The lowest BCUT2D eigenvalue weighted by Crippen LogP contribution is -2.45. The Hall–Kier alpha value is -0.570. The van der Waals surface area contributed by atoms with Crippen molar-refractivity contribution < 1.29 is 4.79 Å². The van der Waals surface area contributed by atoms with Gasteiger partial charge in [0, 0.05) is 18.5 Å². The molecule has 0 aliphatic rings. The van der Waals surface area contributed by atoms with Gasteiger partial charge in [0.25, 0.3) is 0 Å². The van der Waals surface area contributed by atoms with E-state index in [0.29, 0.717) is 13.0 Å². The molecule has 0 aromatic rings. The Kier molecular flexibility index (Phi) is 5.71. The van der Waals surface area contributed by atoms with Gasteiger partial charge >= 0.3 is 0 Å². The Morgan fingerprint density at radius 3 is 2.46 bits per heavy atom. The standard InChI is InChI=1S/C10H22N2O/c1-4-5-6-7-9(13)12-8-10(2,3)11/h4-8,11H2,1-3H3,(H,12,13). The summed E-state index contributed by atoms with van der Waals surface area (Å²) >= 11 is 0. The van der Waals surface area contributed by atoms with Crippen molar-refractivity contribution in [3.05, 3.63) is 0 Å². The van der Waals surface area contributed by atoms with E-state index in [9.17, 15) is 4.79 Å². The molecule has 0 unspecified atom stereocenters. The maximum Gasteiger partial charge on any atom is 0.220 e. The first-order valence-corrected chi connectivity index (χ1v) is 5.01. The Bertz CT molecular complexity index is 149. The highest BCUT2D eigenvalue weighted by molar-refractivity contribution is 5.75. The largest absolute Gasteiger partial charge is 0.354 e. The SMILES string of the molecule is CCCCCC(=O)NCC(C)(C)N. The van der Waals surface area contributed by atoms with Crippen LogP contribution in [0.25, 0.3) is 0 Å². The topological polar surface area (TPSA) is 55.1 Å². The molecule has 0 radical (unpaired) electrons. The minimum atomic E-state index is -0.305. The van der Waals surface area contributed by atoms with Gasteiger partial charge in [-0.2, -0.15) is 0 Å². The molecular formula is C10H22N2O. The molecular weight excluding hydrogens is 164 g/mol. The smallest absolute Gasteiger partial charge is 0.220 e. The Morgan fingerprint density at radius 2 is 2.00 bits per heavy atom. The van der Waals surface area contributed by atoms with E-state index in [1.54, 1.807) is 0 Å². The second kappa shape index (κ2) is 5.97. The molecule has 13 heavy (non-hydrogen) atoms. The minimum absolute atomic E-state index is 0.118. The van der Waals surface area contributed by atoms with Crippen LogP contribution < -0.4 is 11.1 Å². The van der Waals surface area contributed by atoms with Crippen molar-refractivity contribution in [2.45, 2.75) is 52.0 Å². The summed E-state index contributed by atoms with van der Waals surface area (Å²) in [6.45, 7) is 6.48. The summed E-state index contributed by atoms with van der Waals surface area (Å²) in [6, 6.07) is 0. The van der Waals surface area contributed by atoms with Gasteiger partial charge < -0.3 is 11.1 Å². The van der Waals surface area contributed by atoms with Gasteiger partial charge in [0.2, 0.25) is 5.91 Å². The highest BCUT2D eigenvalue weighted by Crippen LogP contribution is 1.99. The molecule has 3 N–H and O–H groups in total. The molecule has 0 bridgehead atoms. The molecule has 78 valence electrons. The summed E-state index contributed by atoms with van der Waals surface area (Å²) in [6.07, 6.45) is 3.88. The fraction of sp³-hybridized carbons (Fsp3) is 0.900. The molecule has 0 aliphatic heterocycles. The predicted octanol–water partition coefficient (Wildman–Crippen LogP) is 1.42. The molecule has 1 amide bonds. The van der Waals surface area contributed by atoms with Gasteiger partial charge in [0.05, 0.1) is 0 Å². The predicted molar refractivity (Wildman–Crippen MR) is 55.4 cm³/mol. The maximum atomic E-state index is 11.2. The molecule has 0 saturated heterocycles. The van der Waals surface area contributed by atoms with E-state index in [0.717, 1.165) is 19.3 Å².